The minimum Gasteiger partial charge on any atom is -0.495 e. The van der Waals surface area contributed by atoms with Gasteiger partial charge in [0.1, 0.15) is 11.4 Å². The molecule has 1 fully saturated rings. The predicted molar refractivity (Wildman–Crippen MR) is 128 cm³/mol. The monoisotopic (exact) mass is 450 g/mol. The third-order valence-corrected chi connectivity index (χ3v) is 6.28. The molecule has 0 saturated carbocycles. The summed E-state index contributed by atoms with van der Waals surface area (Å²) in [5.74, 6) is 0.730. The summed E-state index contributed by atoms with van der Waals surface area (Å²) in [4.78, 5) is 33.0. The smallest absolute Gasteiger partial charge is 0.273 e. The highest BCUT2D eigenvalue weighted by Gasteiger charge is 2.24. The predicted octanol–water partition coefficient (Wildman–Crippen LogP) is 4.37. The standard InChI is InChI=1S/C24H26N4O3S/c1-16-4-9-22(31-3)20(14-16)25-24-26-21(15-32-24)23(30)28-12-10-27(11-13-28)19-7-5-18(6-8-19)17(2)29/h4-9,14-15H,10-13H2,1-3H3,(H,25,26). The summed E-state index contributed by atoms with van der Waals surface area (Å²) in [6.45, 7) is 6.30. The second-order valence-corrected chi connectivity index (χ2v) is 8.61. The van der Waals surface area contributed by atoms with Gasteiger partial charge in [-0.25, -0.2) is 4.98 Å². The fourth-order valence-corrected chi connectivity index (χ4v) is 4.40. The van der Waals surface area contributed by atoms with Crippen LogP contribution in [0.2, 0.25) is 0 Å². The molecule has 166 valence electrons. The van der Waals surface area contributed by atoms with Crippen LogP contribution in [0.1, 0.15) is 33.3 Å². The van der Waals surface area contributed by atoms with Gasteiger partial charge in [-0.05, 0) is 55.8 Å². The number of amides is 1. The van der Waals surface area contributed by atoms with Crippen molar-refractivity contribution in [3.05, 3.63) is 64.7 Å². The van der Waals surface area contributed by atoms with E-state index in [2.05, 4.69) is 15.2 Å². The Kier molecular flexibility index (Phi) is 6.41. The summed E-state index contributed by atoms with van der Waals surface area (Å²) in [6, 6.07) is 13.5. The number of nitrogens with one attached hydrogen (secondary N) is 1. The number of Topliss-reactive ketones (excluding diaryl/α,β-unsaturated/α-hetero) is 1. The van der Waals surface area contributed by atoms with Crippen LogP contribution in [0.5, 0.6) is 5.75 Å². The highest BCUT2D eigenvalue weighted by Crippen LogP contribution is 2.30. The quantitative estimate of drug-likeness (QED) is 0.562. The summed E-state index contributed by atoms with van der Waals surface area (Å²) in [5, 5.41) is 5.71. The van der Waals surface area contributed by atoms with Gasteiger partial charge in [0.05, 0.1) is 12.8 Å². The van der Waals surface area contributed by atoms with E-state index in [1.54, 1.807) is 19.4 Å². The number of thiazole rings is 1. The maximum Gasteiger partial charge on any atom is 0.273 e. The van der Waals surface area contributed by atoms with Crippen molar-refractivity contribution in [2.24, 2.45) is 0 Å². The molecule has 0 radical (unpaired) electrons. The third-order valence-electron chi connectivity index (χ3n) is 5.53. The van der Waals surface area contributed by atoms with Crippen LogP contribution in [0.3, 0.4) is 0 Å². The molecule has 1 saturated heterocycles. The number of aromatic nitrogens is 1. The van der Waals surface area contributed by atoms with Gasteiger partial charge >= 0.3 is 0 Å². The van der Waals surface area contributed by atoms with Gasteiger partial charge in [-0.3, -0.25) is 9.59 Å². The molecule has 0 aliphatic carbocycles. The van der Waals surface area contributed by atoms with Crippen molar-refractivity contribution < 1.29 is 14.3 Å². The van der Waals surface area contributed by atoms with Crippen molar-refractivity contribution in [2.75, 3.05) is 43.5 Å². The van der Waals surface area contributed by atoms with E-state index in [1.165, 1.54) is 11.3 Å². The van der Waals surface area contributed by atoms with Gasteiger partial charge < -0.3 is 19.9 Å². The van der Waals surface area contributed by atoms with E-state index in [0.29, 0.717) is 29.5 Å². The second-order valence-electron chi connectivity index (χ2n) is 7.75. The lowest BCUT2D eigenvalue weighted by Gasteiger charge is -2.35. The Balaban J connectivity index is 1.37. The number of ketones is 1. The average molecular weight is 451 g/mol. The zero-order valence-corrected chi connectivity index (χ0v) is 19.2. The lowest BCUT2D eigenvalue weighted by atomic mass is 10.1. The Bertz CT molecular complexity index is 1120. The molecule has 0 atom stereocenters. The molecule has 1 aromatic heterocycles. The number of ether oxygens (including phenoxy) is 1. The van der Waals surface area contributed by atoms with Gasteiger partial charge in [-0.15, -0.1) is 11.3 Å². The van der Waals surface area contributed by atoms with Crippen molar-refractivity contribution in [3.63, 3.8) is 0 Å². The number of methoxy groups -OCH3 is 1. The summed E-state index contributed by atoms with van der Waals surface area (Å²) >= 11 is 1.40. The van der Waals surface area contributed by atoms with E-state index in [-0.39, 0.29) is 11.7 Å². The second kappa shape index (κ2) is 9.40. The number of aryl methyl sites for hydroxylation is 1. The number of hydrogen-bond acceptors (Lipinski definition) is 7. The molecule has 0 spiro atoms. The lowest BCUT2D eigenvalue weighted by Crippen LogP contribution is -2.48. The van der Waals surface area contributed by atoms with Gasteiger partial charge in [0.15, 0.2) is 10.9 Å². The molecular formula is C24H26N4O3S. The van der Waals surface area contributed by atoms with Crippen LogP contribution in [-0.4, -0.2) is 54.9 Å². The molecule has 32 heavy (non-hydrogen) atoms. The van der Waals surface area contributed by atoms with Gasteiger partial charge in [0, 0.05) is 42.8 Å². The molecule has 1 aliphatic rings. The SMILES string of the molecule is COc1ccc(C)cc1Nc1nc(C(=O)N2CCN(c3ccc(C(C)=O)cc3)CC2)cs1. The van der Waals surface area contributed by atoms with E-state index in [4.69, 9.17) is 4.74 Å². The molecule has 1 amide bonds. The largest absolute Gasteiger partial charge is 0.495 e. The number of benzene rings is 2. The van der Waals surface area contributed by atoms with Crippen molar-refractivity contribution in [2.45, 2.75) is 13.8 Å². The van der Waals surface area contributed by atoms with Gasteiger partial charge in [0.25, 0.3) is 5.91 Å². The van der Waals surface area contributed by atoms with Crippen molar-refractivity contribution in [3.8, 4) is 5.75 Å². The number of anilines is 3. The number of piperazine rings is 1. The highest BCUT2D eigenvalue weighted by molar-refractivity contribution is 7.14. The minimum atomic E-state index is -0.0583. The first-order valence-corrected chi connectivity index (χ1v) is 11.3. The Morgan fingerprint density at radius 2 is 1.78 bits per heavy atom. The topological polar surface area (TPSA) is 74.8 Å². The van der Waals surface area contributed by atoms with E-state index in [0.717, 1.165) is 35.8 Å². The Hall–Kier alpha value is -3.39. The highest BCUT2D eigenvalue weighted by atomic mass is 32.1. The van der Waals surface area contributed by atoms with Gasteiger partial charge in [-0.2, -0.15) is 0 Å². The molecule has 1 aliphatic heterocycles. The van der Waals surface area contributed by atoms with E-state index in [9.17, 15) is 9.59 Å². The normalized spacial score (nSPS) is 13.7. The average Bonchev–Trinajstić information content (AvgIpc) is 3.27. The Morgan fingerprint density at radius 1 is 1.06 bits per heavy atom. The van der Waals surface area contributed by atoms with Gasteiger partial charge in [0.2, 0.25) is 0 Å². The van der Waals surface area contributed by atoms with Crippen LogP contribution in [-0.2, 0) is 0 Å². The zero-order chi connectivity index (χ0) is 22.7. The molecule has 3 aromatic rings. The van der Waals surface area contributed by atoms with Crippen LogP contribution < -0.4 is 15.0 Å². The van der Waals surface area contributed by atoms with E-state index in [1.807, 2.05) is 54.3 Å². The number of nitrogens with zero attached hydrogens (tertiary/aromatic N) is 3. The summed E-state index contributed by atoms with van der Waals surface area (Å²) in [7, 11) is 1.63. The first kappa shape index (κ1) is 21.8. The van der Waals surface area contributed by atoms with Crippen molar-refractivity contribution in [1.82, 2.24) is 9.88 Å². The fourth-order valence-electron chi connectivity index (χ4n) is 3.70. The summed E-state index contributed by atoms with van der Waals surface area (Å²) in [6.07, 6.45) is 0. The first-order chi connectivity index (χ1) is 15.4. The molecule has 8 heteroatoms. The number of carbonyl (C=O) groups is 2. The van der Waals surface area contributed by atoms with Gasteiger partial charge in [-0.1, -0.05) is 6.07 Å². The zero-order valence-electron chi connectivity index (χ0n) is 18.4. The molecule has 0 bridgehead atoms. The number of carbonyl (C=O) groups excluding carboxylic acids is 2. The maximum absolute atomic E-state index is 13.0. The van der Waals surface area contributed by atoms with E-state index >= 15 is 0 Å². The lowest BCUT2D eigenvalue weighted by molar-refractivity contribution is 0.0741. The third kappa shape index (κ3) is 4.75. The maximum atomic E-state index is 13.0. The molecule has 4 rings (SSSR count). The van der Waals surface area contributed by atoms with Crippen LogP contribution in [0.15, 0.2) is 47.8 Å². The Labute approximate surface area is 191 Å². The Morgan fingerprint density at radius 3 is 2.44 bits per heavy atom. The summed E-state index contributed by atoms with van der Waals surface area (Å²) in [5.41, 5.74) is 4.15. The molecule has 2 aromatic carbocycles. The molecule has 7 nitrogen and oxygen atoms in total. The van der Waals surface area contributed by atoms with Crippen molar-refractivity contribution in [1.29, 1.82) is 0 Å². The first-order valence-electron chi connectivity index (χ1n) is 10.5. The van der Waals surface area contributed by atoms with Crippen LogP contribution in [0.25, 0.3) is 0 Å². The summed E-state index contributed by atoms with van der Waals surface area (Å²) < 4.78 is 5.40. The molecule has 2 heterocycles. The molecule has 1 N–H and O–H groups in total. The van der Waals surface area contributed by atoms with Crippen LogP contribution in [0, 0.1) is 6.92 Å². The van der Waals surface area contributed by atoms with Crippen LogP contribution >= 0.6 is 11.3 Å². The fraction of sp³-hybridized carbons (Fsp3) is 0.292. The van der Waals surface area contributed by atoms with E-state index < -0.39 is 0 Å². The number of rotatable bonds is 6. The molecular weight excluding hydrogens is 424 g/mol. The number of hydrogen-bond donors (Lipinski definition) is 1. The molecule has 0 unspecified atom stereocenters. The van der Waals surface area contributed by atoms with Crippen molar-refractivity contribution >= 4 is 39.5 Å². The minimum absolute atomic E-state index is 0.0583. The van der Waals surface area contributed by atoms with Crippen LogP contribution in [0.4, 0.5) is 16.5 Å².